The van der Waals surface area contributed by atoms with Gasteiger partial charge >= 0.3 is 0 Å². The zero-order valence-corrected chi connectivity index (χ0v) is 21.8. The second kappa shape index (κ2) is 10.7. The molecule has 0 aliphatic rings. The second-order valence-electron chi connectivity index (χ2n) is 8.06. The molecule has 4 rings (SSSR count). The van der Waals surface area contributed by atoms with E-state index < -0.39 is 21.7 Å². The first-order valence-electron chi connectivity index (χ1n) is 11.0. The Morgan fingerprint density at radius 1 is 1.08 bits per heavy atom. The molecule has 0 saturated carbocycles. The number of thiazole rings is 1. The summed E-state index contributed by atoms with van der Waals surface area (Å²) in [4.78, 5) is 16.2. The molecule has 9 heteroatoms. The average molecular weight is 541 g/mol. The van der Waals surface area contributed by atoms with Crippen molar-refractivity contribution in [3.05, 3.63) is 105 Å². The Labute approximate surface area is 218 Å². The molecule has 0 fully saturated rings. The number of benzene rings is 3. The molecule has 1 aromatic heterocycles. The topological polar surface area (TPSA) is 76.1 Å². The zero-order chi connectivity index (χ0) is 25.9. The van der Waals surface area contributed by atoms with E-state index in [1.54, 1.807) is 22.9 Å². The van der Waals surface area contributed by atoms with Gasteiger partial charge in [-0.3, -0.25) is 4.79 Å². The summed E-state index contributed by atoms with van der Waals surface area (Å²) in [5.41, 5.74) is 7.88. The van der Waals surface area contributed by atoms with Crippen molar-refractivity contribution < 1.29 is 17.6 Å². The van der Waals surface area contributed by atoms with Crippen LogP contribution in [0.3, 0.4) is 0 Å². The predicted octanol–water partition coefficient (Wildman–Crippen LogP) is 6.55. The third-order valence-electron chi connectivity index (χ3n) is 5.44. The van der Waals surface area contributed by atoms with E-state index >= 15 is 0 Å². The molecule has 0 saturated heterocycles. The number of allylic oxidation sites excluding steroid dienone is 1. The molecule has 0 radical (unpaired) electrons. The van der Waals surface area contributed by atoms with E-state index in [9.17, 15) is 17.6 Å². The minimum absolute atomic E-state index is 0.329. The Kier molecular flexibility index (Phi) is 7.68. The van der Waals surface area contributed by atoms with E-state index in [-0.39, 0.29) is 0 Å². The van der Waals surface area contributed by atoms with Gasteiger partial charge in [-0.05, 0) is 70.2 Å². The number of carbonyl (C=O) groups is 1. The highest BCUT2D eigenvalue weighted by atomic mass is 35.5. The predicted molar refractivity (Wildman–Crippen MR) is 146 cm³/mol. The largest absolute Gasteiger partial charge is 0.269 e. The van der Waals surface area contributed by atoms with Crippen molar-refractivity contribution in [3.8, 4) is 0 Å². The lowest BCUT2D eigenvalue weighted by Crippen LogP contribution is -2.27. The van der Waals surface area contributed by atoms with Gasteiger partial charge in [-0.15, -0.1) is 11.3 Å². The highest BCUT2D eigenvalue weighted by molar-refractivity contribution is 7.89. The standard InChI is InChI=1S/C27H22ClFN2O3S2/c1-3-21(22-11-10-20(29)15-23(22)28)27(19-9-12-25-24(14-19)30-16-35-25)18-7-4-17(5-8-18)6-13-26(32)31-36(2,33)34/h4-16H,3H2,1-2H3,(H,31,32)/b13-6+,27-21+. The van der Waals surface area contributed by atoms with Crippen molar-refractivity contribution in [2.45, 2.75) is 13.3 Å². The van der Waals surface area contributed by atoms with Gasteiger partial charge < -0.3 is 0 Å². The minimum Gasteiger partial charge on any atom is -0.269 e. The molecule has 1 N–H and O–H groups in total. The minimum atomic E-state index is -3.63. The van der Waals surface area contributed by atoms with Crippen molar-refractivity contribution in [2.75, 3.05) is 6.26 Å². The summed E-state index contributed by atoms with van der Waals surface area (Å²) < 4.78 is 39.2. The molecule has 1 amide bonds. The van der Waals surface area contributed by atoms with Crippen LogP contribution >= 0.6 is 22.9 Å². The molecule has 1 heterocycles. The Morgan fingerprint density at radius 3 is 2.47 bits per heavy atom. The van der Waals surface area contributed by atoms with E-state index in [2.05, 4.69) is 4.98 Å². The maximum Gasteiger partial charge on any atom is 0.257 e. The molecule has 5 nitrogen and oxygen atoms in total. The van der Waals surface area contributed by atoms with Gasteiger partial charge in [-0.2, -0.15) is 0 Å². The number of amides is 1. The summed E-state index contributed by atoms with van der Waals surface area (Å²) in [6, 6.07) is 18.0. The van der Waals surface area contributed by atoms with Crippen molar-refractivity contribution >= 4 is 66.3 Å². The maximum atomic E-state index is 13.8. The Balaban J connectivity index is 1.81. The van der Waals surface area contributed by atoms with Gasteiger partial charge in [-0.25, -0.2) is 22.5 Å². The molecule has 0 bridgehead atoms. The van der Waals surface area contributed by atoms with Gasteiger partial charge in [0.25, 0.3) is 5.91 Å². The van der Waals surface area contributed by atoms with E-state index in [1.807, 2.05) is 54.1 Å². The van der Waals surface area contributed by atoms with Crippen LogP contribution in [0.1, 0.15) is 35.6 Å². The van der Waals surface area contributed by atoms with Gasteiger partial charge in [0.2, 0.25) is 10.0 Å². The highest BCUT2D eigenvalue weighted by Crippen LogP contribution is 2.38. The number of halogens is 2. The fraction of sp³-hybridized carbons (Fsp3) is 0.111. The van der Waals surface area contributed by atoms with Gasteiger partial charge in [0.1, 0.15) is 5.82 Å². The van der Waals surface area contributed by atoms with Crippen molar-refractivity contribution in [1.82, 2.24) is 9.71 Å². The molecular formula is C27H22ClFN2O3S2. The fourth-order valence-corrected chi connectivity index (χ4v) is 5.29. The number of sulfonamides is 1. The molecule has 4 aromatic rings. The maximum absolute atomic E-state index is 13.8. The van der Waals surface area contributed by atoms with E-state index in [1.165, 1.54) is 24.3 Å². The summed E-state index contributed by atoms with van der Waals surface area (Å²) in [6.45, 7) is 2.02. The third kappa shape index (κ3) is 6.07. The molecular weight excluding hydrogens is 519 g/mol. The number of nitrogens with zero attached hydrogens (tertiary/aromatic N) is 1. The molecule has 0 atom stereocenters. The monoisotopic (exact) mass is 540 g/mol. The van der Waals surface area contributed by atoms with E-state index in [4.69, 9.17) is 11.6 Å². The van der Waals surface area contributed by atoms with Crippen LogP contribution < -0.4 is 4.72 Å². The Hall–Kier alpha value is -3.33. The molecule has 184 valence electrons. The SMILES string of the molecule is CC/C(=C(/c1ccc(/C=C/C(=O)NS(C)(=O)=O)cc1)c1ccc2scnc2c1)c1ccc(F)cc1Cl. The van der Waals surface area contributed by atoms with Gasteiger partial charge in [0, 0.05) is 6.08 Å². The van der Waals surface area contributed by atoms with Gasteiger partial charge in [0.05, 0.1) is 27.0 Å². The van der Waals surface area contributed by atoms with Crippen LogP contribution in [0.15, 0.2) is 72.3 Å². The average Bonchev–Trinajstić information content (AvgIpc) is 3.29. The molecule has 36 heavy (non-hydrogen) atoms. The van der Waals surface area contributed by atoms with Gasteiger partial charge in [0.15, 0.2) is 0 Å². The summed E-state index contributed by atoms with van der Waals surface area (Å²) in [5, 5.41) is 0.329. The number of fused-ring (bicyclic) bond motifs is 1. The molecule has 0 spiro atoms. The Bertz CT molecular complexity index is 1610. The first-order chi connectivity index (χ1) is 17.1. The quantitative estimate of drug-likeness (QED) is 0.213. The third-order valence-corrected chi connectivity index (χ3v) is 7.14. The molecule has 3 aromatic carbocycles. The van der Waals surface area contributed by atoms with E-state index in [0.717, 1.165) is 49.9 Å². The second-order valence-corrected chi connectivity index (χ2v) is 11.1. The smallest absolute Gasteiger partial charge is 0.257 e. The first-order valence-corrected chi connectivity index (χ1v) is 14.1. The lowest BCUT2D eigenvalue weighted by atomic mass is 9.87. The normalized spacial score (nSPS) is 12.7. The highest BCUT2D eigenvalue weighted by Gasteiger charge is 2.16. The number of hydrogen-bond acceptors (Lipinski definition) is 5. The van der Waals surface area contributed by atoms with Crippen LogP contribution in [-0.2, 0) is 14.8 Å². The van der Waals surface area contributed by atoms with Crippen LogP contribution in [0.25, 0.3) is 27.4 Å². The summed E-state index contributed by atoms with van der Waals surface area (Å²) in [6.07, 6.45) is 4.26. The van der Waals surface area contributed by atoms with Crippen LogP contribution in [0.4, 0.5) is 4.39 Å². The number of rotatable bonds is 7. The molecule has 0 aliphatic heterocycles. The van der Waals surface area contributed by atoms with Crippen LogP contribution in [0.5, 0.6) is 0 Å². The summed E-state index contributed by atoms with van der Waals surface area (Å²) in [7, 11) is -3.63. The number of carbonyl (C=O) groups excluding carboxylic acids is 1. The number of aromatic nitrogens is 1. The zero-order valence-electron chi connectivity index (χ0n) is 19.5. The van der Waals surface area contributed by atoms with Crippen molar-refractivity contribution in [3.63, 3.8) is 0 Å². The fourth-order valence-electron chi connectivity index (χ4n) is 3.91. The summed E-state index contributed by atoms with van der Waals surface area (Å²) >= 11 is 8.03. The van der Waals surface area contributed by atoms with Crippen molar-refractivity contribution in [2.24, 2.45) is 0 Å². The number of nitrogens with one attached hydrogen (secondary N) is 1. The van der Waals surface area contributed by atoms with Crippen molar-refractivity contribution in [1.29, 1.82) is 0 Å². The summed E-state index contributed by atoms with van der Waals surface area (Å²) in [5.74, 6) is -1.13. The van der Waals surface area contributed by atoms with Gasteiger partial charge in [-0.1, -0.05) is 54.9 Å². The van der Waals surface area contributed by atoms with Crippen LogP contribution in [0, 0.1) is 5.82 Å². The number of hydrogen-bond donors (Lipinski definition) is 1. The van der Waals surface area contributed by atoms with Crippen LogP contribution in [-0.4, -0.2) is 25.6 Å². The van der Waals surface area contributed by atoms with Crippen LogP contribution in [0.2, 0.25) is 5.02 Å². The first kappa shape index (κ1) is 25.8. The lowest BCUT2D eigenvalue weighted by molar-refractivity contribution is -0.114. The molecule has 0 unspecified atom stereocenters. The lowest BCUT2D eigenvalue weighted by Gasteiger charge is -2.17. The Morgan fingerprint density at radius 2 is 1.81 bits per heavy atom. The molecule has 0 aliphatic carbocycles. The van der Waals surface area contributed by atoms with E-state index in [0.29, 0.717) is 11.4 Å².